The molecule has 7 heteroatoms. The summed E-state index contributed by atoms with van der Waals surface area (Å²) < 4.78 is 15.2. The molecule has 0 radical (unpaired) electrons. The number of aryl methyl sites for hydroxylation is 2. The molecule has 0 saturated heterocycles. The maximum atomic E-state index is 13.7. The third kappa shape index (κ3) is 5.40. The lowest BCUT2D eigenvalue weighted by molar-refractivity contribution is -0.118. The number of fused-ring (bicyclic) bond motifs is 2. The number of hydrogen-bond acceptors (Lipinski definition) is 4. The molecule has 36 heavy (non-hydrogen) atoms. The monoisotopic (exact) mass is 520 g/mol. The molecule has 1 heterocycles. The first-order valence-corrected chi connectivity index (χ1v) is 13.6. The molecule has 3 aromatic carbocycles. The Labute approximate surface area is 218 Å². The van der Waals surface area contributed by atoms with Crippen LogP contribution in [-0.4, -0.2) is 21.1 Å². The van der Waals surface area contributed by atoms with Gasteiger partial charge in [-0.05, 0) is 79.1 Å². The topological polar surface area (TPSA) is 52.0 Å². The van der Waals surface area contributed by atoms with Crippen LogP contribution in [0.2, 0.25) is 5.02 Å². The summed E-state index contributed by atoms with van der Waals surface area (Å²) in [6, 6.07) is 17.8. The number of unbranched alkanes of at least 4 members (excludes halogenated alkanes) is 1. The van der Waals surface area contributed by atoms with Crippen LogP contribution in [0.4, 0.5) is 4.39 Å². The second-order valence-electron chi connectivity index (χ2n) is 9.13. The summed E-state index contributed by atoms with van der Waals surface area (Å²) in [5.41, 5.74) is 4.78. The average Bonchev–Trinajstić information content (AvgIpc) is 3.34. The fraction of sp³-hybridized carbons (Fsp3) is 0.276. The van der Waals surface area contributed by atoms with E-state index < -0.39 is 5.82 Å². The molecule has 0 unspecified atom stereocenters. The summed E-state index contributed by atoms with van der Waals surface area (Å²) in [5, 5.41) is 0.954. The van der Waals surface area contributed by atoms with Gasteiger partial charge in [0.05, 0.1) is 21.6 Å². The normalized spacial score (nSPS) is 12.7. The van der Waals surface area contributed by atoms with Gasteiger partial charge >= 0.3 is 0 Å². The van der Waals surface area contributed by atoms with Crippen molar-refractivity contribution in [1.82, 2.24) is 9.55 Å². The third-order valence-electron chi connectivity index (χ3n) is 6.55. The van der Waals surface area contributed by atoms with Crippen LogP contribution in [0.1, 0.15) is 42.4 Å². The predicted octanol–water partition coefficient (Wildman–Crippen LogP) is 6.74. The van der Waals surface area contributed by atoms with Gasteiger partial charge in [-0.15, -0.1) is 0 Å². The van der Waals surface area contributed by atoms with Gasteiger partial charge < -0.3 is 0 Å². The zero-order valence-corrected chi connectivity index (χ0v) is 21.4. The Hall–Kier alpha value is -2.96. The summed E-state index contributed by atoms with van der Waals surface area (Å²) in [7, 11) is 0. The highest BCUT2D eigenvalue weighted by atomic mass is 35.5. The zero-order valence-electron chi connectivity index (χ0n) is 19.8. The van der Waals surface area contributed by atoms with Crippen molar-refractivity contribution in [3.8, 4) is 5.69 Å². The van der Waals surface area contributed by atoms with E-state index in [-0.39, 0.29) is 16.4 Å². The quantitative estimate of drug-likeness (QED) is 0.139. The molecule has 5 rings (SSSR count). The van der Waals surface area contributed by atoms with Gasteiger partial charge in [0, 0.05) is 18.6 Å². The van der Waals surface area contributed by atoms with E-state index in [1.165, 1.54) is 52.1 Å². The molecule has 0 N–H and O–H groups in total. The lowest BCUT2D eigenvalue weighted by Gasteiger charge is -2.13. The van der Waals surface area contributed by atoms with Crippen LogP contribution in [0.5, 0.6) is 0 Å². The maximum Gasteiger partial charge on any atom is 0.266 e. The molecule has 1 aliphatic rings. The van der Waals surface area contributed by atoms with Crippen LogP contribution in [0.15, 0.2) is 70.6 Å². The van der Waals surface area contributed by atoms with Crippen molar-refractivity contribution in [3.05, 3.63) is 98.5 Å². The first-order chi connectivity index (χ1) is 17.5. The van der Waals surface area contributed by atoms with E-state index >= 15 is 0 Å². The average molecular weight is 521 g/mol. The van der Waals surface area contributed by atoms with Crippen molar-refractivity contribution in [1.29, 1.82) is 0 Å². The Kier molecular flexibility index (Phi) is 7.54. The van der Waals surface area contributed by atoms with Crippen molar-refractivity contribution >= 4 is 40.0 Å². The number of halogens is 2. The Morgan fingerprint density at radius 3 is 2.72 bits per heavy atom. The largest absolute Gasteiger partial charge is 0.299 e. The minimum Gasteiger partial charge on any atom is -0.299 e. The Morgan fingerprint density at radius 2 is 1.86 bits per heavy atom. The molecular weight excluding hydrogens is 495 g/mol. The van der Waals surface area contributed by atoms with E-state index in [9.17, 15) is 14.0 Å². The van der Waals surface area contributed by atoms with Crippen LogP contribution in [0.3, 0.4) is 0 Å². The maximum absolute atomic E-state index is 13.7. The molecule has 4 aromatic rings. The van der Waals surface area contributed by atoms with E-state index in [1.54, 1.807) is 18.2 Å². The molecule has 0 fully saturated rings. The van der Waals surface area contributed by atoms with Gasteiger partial charge in [0.2, 0.25) is 0 Å². The van der Waals surface area contributed by atoms with Crippen molar-refractivity contribution in [3.63, 3.8) is 0 Å². The summed E-state index contributed by atoms with van der Waals surface area (Å²) in [6.45, 7) is 0. The number of para-hydroxylation sites is 1. The van der Waals surface area contributed by atoms with Crippen LogP contribution >= 0.6 is 23.4 Å². The number of aromatic nitrogens is 2. The number of carbonyl (C=O) groups is 1. The van der Waals surface area contributed by atoms with E-state index in [2.05, 4.69) is 18.2 Å². The molecular formula is C29H26ClFN2O2S. The highest BCUT2D eigenvalue weighted by molar-refractivity contribution is 7.99. The molecule has 0 spiro atoms. The number of Topliss-reactive ketones (excluding diaryl/α,β-unsaturated/α-hetero) is 1. The van der Waals surface area contributed by atoms with Crippen molar-refractivity contribution in [2.75, 3.05) is 5.75 Å². The first kappa shape index (κ1) is 24.7. The van der Waals surface area contributed by atoms with Gasteiger partial charge in [-0.3, -0.25) is 14.2 Å². The Balaban J connectivity index is 1.24. The summed E-state index contributed by atoms with van der Waals surface area (Å²) >= 11 is 7.45. The molecule has 4 nitrogen and oxygen atoms in total. The van der Waals surface area contributed by atoms with Crippen LogP contribution in [0, 0.1) is 5.82 Å². The zero-order chi connectivity index (χ0) is 25.1. The van der Waals surface area contributed by atoms with Crippen LogP contribution in [-0.2, 0) is 24.1 Å². The van der Waals surface area contributed by atoms with Gasteiger partial charge in [0.1, 0.15) is 11.6 Å². The summed E-state index contributed by atoms with van der Waals surface area (Å²) in [4.78, 5) is 30.5. The fourth-order valence-electron chi connectivity index (χ4n) is 4.70. The fourth-order valence-corrected chi connectivity index (χ4v) is 5.89. The number of rotatable bonds is 9. The Morgan fingerprint density at radius 1 is 1.03 bits per heavy atom. The van der Waals surface area contributed by atoms with Crippen LogP contribution in [0.25, 0.3) is 16.6 Å². The number of benzene rings is 3. The smallest absolute Gasteiger partial charge is 0.266 e. The number of thioether (sulfide) groups is 1. The van der Waals surface area contributed by atoms with Gasteiger partial charge in [-0.25, -0.2) is 9.37 Å². The predicted molar refractivity (Wildman–Crippen MR) is 144 cm³/mol. The molecule has 0 bridgehead atoms. The van der Waals surface area contributed by atoms with E-state index in [0.29, 0.717) is 40.3 Å². The van der Waals surface area contributed by atoms with E-state index in [0.717, 1.165) is 31.2 Å². The number of hydrogen-bond donors (Lipinski definition) is 0. The molecule has 0 atom stereocenters. The number of carbonyl (C=O) groups excluding carboxylic acids is 1. The SMILES string of the molecule is O=C(CCCCSc1nc2ccccc2c(=O)n1-c1ccc(F)c(Cl)c1)Cc1ccc2c(c1)CCC2. The van der Waals surface area contributed by atoms with Crippen LogP contribution < -0.4 is 5.56 Å². The minimum absolute atomic E-state index is 0.0506. The second kappa shape index (κ2) is 11.0. The lowest BCUT2D eigenvalue weighted by atomic mass is 10.0. The highest BCUT2D eigenvalue weighted by Gasteiger charge is 2.15. The Bertz CT molecular complexity index is 1500. The van der Waals surface area contributed by atoms with Crippen molar-refractivity contribution in [2.24, 2.45) is 0 Å². The molecule has 0 amide bonds. The summed E-state index contributed by atoms with van der Waals surface area (Å²) in [5.74, 6) is 0.409. The lowest BCUT2D eigenvalue weighted by Crippen LogP contribution is -2.22. The van der Waals surface area contributed by atoms with Crippen molar-refractivity contribution < 1.29 is 9.18 Å². The number of nitrogens with zero attached hydrogens (tertiary/aromatic N) is 2. The molecule has 1 aliphatic carbocycles. The highest BCUT2D eigenvalue weighted by Crippen LogP contribution is 2.26. The van der Waals surface area contributed by atoms with Gasteiger partial charge in [0.25, 0.3) is 5.56 Å². The standard InChI is InChI=1S/C29H26ClFN2O2S/c30-25-18-22(13-14-26(25)31)33-28(35)24-9-1-2-10-27(24)32-29(33)36-15-4-3-8-23(34)17-19-11-12-20-6-5-7-21(20)16-19/h1-2,9-14,16,18H,3-8,15,17H2. The second-order valence-corrected chi connectivity index (χ2v) is 10.6. The van der Waals surface area contributed by atoms with Crippen molar-refractivity contribution in [2.45, 2.75) is 50.1 Å². The molecule has 184 valence electrons. The number of ketones is 1. The molecule has 1 aromatic heterocycles. The third-order valence-corrected chi connectivity index (χ3v) is 7.87. The first-order valence-electron chi connectivity index (χ1n) is 12.2. The summed E-state index contributed by atoms with van der Waals surface area (Å²) in [6.07, 6.45) is 6.07. The van der Waals surface area contributed by atoms with Gasteiger partial charge in [-0.2, -0.15) is 0 Å². The molecule has 0 aliphatic heterocycles. The molecule has 0 saturated carbocycles. The minimum atomic E-state index is -0.541. The van der Waals surface area contributed by atoms with Gasteiger partial charge in [-0.1, -0.05) is 53.7 Å². The van der Waals surface area contributed by atoms with E-state index in [1.807, 2.05) is 6.07 Å². The van der Waals surface area contributed by atoms with E-state index in [4.69, 9.17) is 16.6 Å². The van der Waals surface area contributed by atoms with Gasteiger partial charge in [0.15, 0.2) is 5.16 Å².